The van der Waals surface area contributed by atoms with Gasteiger partial charge in [-0.05, 0) is 38.8 Å². The highest BCUT2D eigenvalue weighted by Crippen LogP contribution is 2.31. The van der Waals surface area contributed by atoms with E-state index >= 15 is 0 Å². The van der Waals surface area contributed by atoms with Crippen molar-refractivity contribution in [3.8, 4) is 0 Å². The highest BCUT2D eigenvalue weighted by molar-refractivity contribution is 5.93. The van der Waals surface area contributed by atoms with Crippen LogP contribution in [0.4, 0.5) is 16.2 Å². The van der Waals surface area contributed by atoms with Crippen LogP contribution in [-0.4, -0.2) is 24.1 Å². The summed E-state index contributed by atoms with van der Waals surface area (Å²) < 4.78 is 5.48. The van der Waals surface area contributed by atoms with Crippen LogP contribution in [0, 0.1) is 13.8 Å². The fourth-order valence-electron chi connectivity index (χ4n) is 3.31. The van der Waals surface area contributed by atoms with Gasteiger partial charge in [0.2, 0.25) is 5.89 Å². The van der Waals surface area contributed by atoms with E-state index in [0.29, 0.717) is 11.9 Å². The van der Waals surface area contributed by atoms with Crippen LogP contribution < -0.4 is 15.5 Å². The molecule has 0 atom stereocenters. The predicted molar refractivity (Wildman–Crippen MR) is 98.9 cm³/mol. The molecule has 1 heterocycles. The van der Waals surface area contributed by atoms with E-state index in [0.717, 1.165) is 22.8 Å². The molecule has 0 radical (unpaired) electrons. The van der Waals surface area contributed by atoms with Crippen molar-refractivity contribution in [2.24, 2.45) is 0 Å². The highest BCUT2D eigenvalue weighted by atomic mass is 16.4. The van der Waals surface area contributed by atoms with Crippen molar-refractivity contribution in [3.05, 3.63) is 41.6 Å². The largest absolute Gasteiger partial charge is 0.444 e. The molecule has 3 rings (SSSR count). The standard InChI is InChI=1S/C19H26N4O2/c1-13-14(2)25-18(21-13)12-20-19(24)22-16-10-6-7-11-17(16)23(3)15-8-4-5-9-15/h6-7,10-11,15H,4-5,8-9,12H2,1-3H3,(H2,20,22,24). The molecule has 2 N–H and O–H groups in total. The van der Waals surface area contributed by atoms with E-state index < -0.39 is 0 Å². The summed E-state index contributed by atoms with van der Waals surface area (Å²) in [5.74, 6) is 1.29. The van der Waals surface area contributed by atoms with Crippen LogP contribution in [-0.2, 0) is 6.54 Å². The first-order valence-corrected chi connectivity index (χ1v) is 8.84. The third-order valence-corrected chi connectivity index (χ3v) is 4.88. The molecule has 134 valence electrons. The number of hydrogen-bond donors (Lipinski definition) is 2. The number of aryl methyl sites for hydroxylation is 2. The van der Waals surface area contributed by atoms with E-state index in [-0.39, 0.29) is 12.6 Å². The van der Waals surface area contributed by atoms with Crippen LogP contribution in [0.5, 0.6) is 0 Å². The molecular weight excluding hydrogens is 316 g/mol. The average Bonchev–Trinajstić information content (AvgIpc) is 3.23. The second-order valence-electron chi connectivity index (χ2n) is 6.62. The quantitative estimate of drug-likeness (QED) is 0.862. The van der Waals surface area contributed by atoms with Crippen molar-refractivity contribution < 1.29 is 9.21 Å². The summed E-state index contributed by atoms with van der Waals surface area (Å²) >= 11 is 0. The fraction of sp³-hybridized carbons (Fsp3) is 0.474. The lowest BCUT2D eigenvalue weighted by Gasteiger charge is -2.28. The summed E-state index contributed by atoms with van der Waals surface area (Å²) in [4.78, 5) is 18.8. The van der Waals surface area contributed by atoms with Gasteiger partial charge in [-0.1, -0.05) is 25.0 Å². The normalized spacial score (nSPS) is 14.5. The van der Waals surface area contributed by atoms with Gasteiger partial charge in [0.25, 0.3) is 0 Å². The van der Waals surface area contributed by atoms with Gasteiger partial charge in [-0.15, -0.1) is 0 Å². The number of carbonyl (C=O) groups excluding carboxylic acids is 1. The second kappa shape index (κ2) is 7.59. The number of urea groups is 1. The molecular formula is C19H26N4O2. The molecule has 1 aliphatic carbocycles. The topological polar surface area (TPSA) is 70.4 Å². The van der Waals surface area contributed by atoms with Gasteiger partial charge in [0, 0.05) is 13.1 Å². The first-order chi connectivity index (χ1) is 12.0. The van der Waals surface area contributed by atoms with Crippen LogP contribution in [0.15, 0.2) is 28.7 Å². The SMILES string of the molecule is Cc1nc(CNC(=O)Nc2ccccc2N(C)C2CCCC2)oc1C. The number of anilines is 2. The molecule has 25 heavy (non-hydrogen) atoms. The molecule has 0 unspecified atom stereocenters. The zero-order valence-corrected chi connectivity index (χ0v) is 15.1. The maximum absolute atomic E-state index is 12.3. The Balaban J connectivity index is 1.62. The first kappa shape index (κ1) is 17.3. The number of rotatable bonds is 5. The molecule has 6 heteroatoms. The Hall–Kier alpha value is -2.50. The number of aromatic nitrogens is 1. The lowest BCUT2D eigenvalue weighted by molar-refractivity contribution is 0.250. The molecule has 0 saturated heterocycles. The molecule has 1 aromatic carbocycles. The van der Waals surface area contributed by atoms with Crippen molar-refractivity contribution in [1.29, 1.82) is 0 Å². The van der Waals surface area contributed by atoms with Gasteiger partial charge in [-0.3, -0.25) is 0 Å². The third-order valence-electron chi connectivity index (χ3n) is 4.88. The number of oxazole rings is 1. The van der Waals surface area contributed by atoms with E-state index in [2.05, 4.69) is 33.6 Å². The Bertz CT molecular complexity index is 715. The van der Waals surface area contributed by atoms with Crippen molar-refractivity contribution in [3.63, 3.8) is 0 Å². The van der Waals surface area contributed by atoms with E-state index in [1.54, 1.807) is 0 Å². The fourth-order valence-corrected chi connectivity index (χ4v) is 3.31. The first-order valence-electron chi connectivity index (χ1n) is 8.84. The third kappa shape index (κ3) is 4.13. The number of nitrogens with zero attached hydrogens (tertiary/aromatic N) is 2. The second-order valence-corrected chi connectivity index (χ2v) is 6.62. The Kier molecular flexibility index (Phi) is 5.26. The maximum Gasteiger partial charge on any atom is 0.319 e. The number of nitrogens with one attached hydrogen (secondary N) is 2. The molecule has 1 aliphatic rings. The number of carbonyl (C=O) groups is 1. The van der Waals surface area contributed by atoms with Gasteiger partial charge >= 0.3 is 6.03 Å². The smallest absolute Gasteiger partial charge is 0.319 e. The average molecular weight is 342 g/mol. The number of para-hydroxylation sites is 2. The predicted octanol–water partition coefficient (Wildman–Crippen LogP) is 3.99. The van der Waals surface area contributed by atoms with Crippen LogP contribution in [0.2, 0.25) is 0 Å². The van der Waals surface area contributed by atoms with Gasteiger partial charge in [0.15, 0.2) is 0 Å². The summed E-state index contributed by atoms with van der Waals surface area (Å²) in [5.41, 5.74) is 2.71. The van der Waals surface area contributed by atoms with Crippen LogP contribution >= 0.6 is 0 Å². The lowest BCUT2D eigenvalue weighted by atomic mass is 10.1. The van der Waals surface area contributed by atoms with Gasteiger partial charge in [-0.2, -0.15) is 0 Å². The lowest BCUT2D eigenvalue weighted by Crippen LogP contribution is -2.32. The molecule has 1 aromatic heterocycles. The zero-order chi connectivity index (χ0) is 17.8. The van der Waals surface area contributed by atoms with Crippen molar-refractivity contribution in [2.45, 2.75) is 52.1 Å². The minimum Gasteiger partial charge on any atom is -0.444 e. The number of benzene rings is 1. The van der Waals surface area contributed by atoms with E-state index in [1.807, 2.05) is 32.0 Å². The molecule has 2 aromatic rings. The maximum atomic E-state index is 12.3. The minimum atomic E-state index is -0.263. The number of hydrogen-bond acceptors (Lipinski definition) is 4. The van der Waals surface area contributed by atoms with Crippen LogP contribution in [0.1, 0.15) is 43.0 Å². The molecule has 0 aliphatic heterocycles. The highest BCUT2D eigenvalue weighted by Gasteiger charge is 2.21. The van der Waals surface area contributed by atoms with Gasteiger partial charge in [0.05, 0.1) is 23.6 Å². The Morgan fingerprint density at radius 3 is 2.68 bits per heavy atom. The van der Waals surface area contributed by atoms with Gasteiger partial charge in [-0.25, -0.2) is 9.78 Å². The Morgan fingerprint density at radius 2 is 2.00 bits per heavy atom. The number of amides is 2. The van der Waals surface area contributed by atoms with Crippen LogP contribution in [0.3, 0.4) is 0 Å². The zero-order valence-electron chi connectivity index (χ0n) is 15.1. The minimum absolute atomic E-state index is 0.263. The van der Waals surface area contributed by atoms with E-state index in [9.17, 15) is 4.79 Å². The molecule has 2 amide bonds. The Morgan fingerprint density at radius 1 is 1.28 bits per heavy atom. The van der Waals surface area contributed by atoms with E-state index in [1.165, 1.54) is 25.7 Å². The summed E-state index contributed by atoms with van der Waals surface area (Å²) in [6.45, 7) is 4.01. The van der Waals surface area contributed by atoms with Crippen molar-refractivity contribution in [2.75, 3.05) is 17.3 Å². The molecule has 0 spiro atoms. The molecule has 0 bridgehead atoms. The van der Waals surface area contributed by atoms with Gasteiger partial charge < -0.3 is 20.0 Å². The van der Waals surface area contributed by atoms with Crippen molar-refractivity contribution in [1.82, 2.24) is 10.3 Å². The summed E-state index contributed by atoms with van der Waals surface area (Å²) in [5, 5.41) is 5.74. The summed E-state index contributed by atoms with van der Waals surface area (Å²) in [6, 6.07) is 8.20. The van der Waals surface area contributed by atoms with E-state index in [4.69, 9.17) is 4.42 Å². The Labute approximate surface area is 148 Å². The monoisotopic (exact) mass is 342 g/mol. The van der Waals surface area contributed by atoms with Gasteiger partial charge in [0.1, 0.15) is 5.76 Å². The summed E-state index contributed by atoms with van der Waals surface area (Å²) in [7, 11) is 2.10. The van der Waals surface area contributed by atoms with Crippen molar-refractivity contribution >= 4 is 17.4 Å². The molecule has 1 saturated carbocycles. The molecule has 6 nitrogen and oxygen atoms in total. The summed E-state index contributed by atoms with van der Waals surface area (Å²) in [6.07, 6.45) is 4.97. The molecule has 1 fully saturated rings. The van der Waals surface area contributed by atoms with Crippen LogP contribution in [0.25, 0.3) is 0 Å².